The summed E-state index contributed by atoms with van der Waals surface area (Å²) in [5, 5.41) is 7.78. The summed E-state index contributed by atoms with van der Waals surface area (Å²) in [6, 6.07) is 3.90. The van der Waals surface area contributed by atoms with Crippen LogP contribution in [0.4, 0.5) is 8.78 Å². The molecule has 2 aromatic rings. The Balaban J connectivity index is 1.75. The van der Waals surface area contributed by atoms with Gasteiger partial charge in [-0.3, -0.25) is 0 Å². The number of nitrogens with zero attached hydrogens (tertiary/aromatic N) is 2. The zero-order valence-electron chi connectivity index (χ0n) is 13.5. The molecule has 128 valence electrons. The lowest BCUT2D eigenvalue weighted by atomic mass is 9.97. The van der Waals surface area contributed by atoms with Crippen molar-refractivity contribution >= 4 is 0 Å². The van der Waals surface area contributed by atoms with Crippen molar-refractivity contribution < 1.29 is 13.5 Å². The van der Waals surface area contributed by atoms with Gasteiger partial charge in [0.05, 0.1) is 5.69 Å². The summed E-state index contributed by atoms with van der Waals surface area (Å²) in [7, 11) is 0. The highest BCUT2D eigenvalue weighted by molar-refractivity contribution is 5.43. The van der Waals surface area contributed by atoms with E-state index in [9.17, 15) is 8.78 Å². The van der Waals surface area contributed by atoms with Crippen LogP contribution in [0.2, 0.25) is 0 Å². The highest BCUT2D eigenvalue weighted by atomic mass is 19.1. The van der Waals surface area contributed by atoms with Crippen molar-refractivity contribution in [3.8, 4) is 11.6 Å². The van der Waals surface area contributed by atoms with Gasteiger partial charge >= 0.3 is 0 Å². The minimum absolute atomic E-state index is 0.101. The van der Waals surface area contributed by atoms with Crippen LogP contribution in [0.5, 0.6) is 5.88 Å². The molecule has 1 aromatic carbocycles. The van der Waals surface area contributed by atoms with Crippen molar-refractivity contribution in [2.45, 2.75) is 44.6 Å². The maximum Gasteiger partial charge on any atom is 0.237 e. The maximum absolute atomic E-state index is 14.2. The van der Waals surface area contributed by atoms with Crippen molar-refractivity contribution in [2.75, 3.05) is 13.1 Å². The minimum atomic E-state index is -0.598. The highest BCUT2D eigenvalue weighted by Crippen LogP contribution is 2.33. The second-order valence-corrected chi connectivity index (χ2v) is 6.49. The predicted octanol–water partition coefficient (Wildman–Crippen LogP) is 3.16. The first kappa shape index (κ1) is 15.6. The van der Waals surface area contributed by atoms with Gasteiger partial charge in [0, 0.05) is 5.56 Å². The molecule has 4 nitrogen and oxygen atoms in total. The molecule has 1 aliphatic heterocycles. The fraction of sp³-hybridized carbons (Fsp3) is 0.500. The summed E-state index contributed by atoms with van der Waals surface area (Å²) < 4.78 is 36.0. The third kappa shape index (κ3) is 2.79. The molecule has 0 radical (unpaired) electrons. The van der Waals surface area contributed by atoms with E-state index in [1.54, 1.807) is 0 Å². The molecule has 1 aliphatic carbocycles. The molecule has 0 unspecified atom stereocenters. The van der Waals surface area contributed by atoms with Gasteiger partial charge in [-0.15, -0.1) is 5.10 Å². The molecule has 1 fully saturated rings. The Morgan fingerprint density at radius 3 is 2.54 bits per heavy atom. The SMILES string of the molecule is Fc1cccc(F)c1-n1nc(OC2CCNCC2)c2c1CCCC2. The van der Waals surface area contributed by atoms with E-state index >= 15 is 0 Å². The molecule has 2 heterocycles. The van der Waals surface area contributed by atoms with E-state index in [0.717, 1.165) is 62.9 Å². The van der Waals surface area contributed by atoms with Crippen LogP contribution in [0.1, 0.15) is 36.9 Å². The number of benzene rings is 1. The van der Waals surface area contributed by atoms with Crippen molar-refractivity contribution in [1.29, 1.82) is 0 Å². The molecular weight excluding hydrogens is 312 g/mol. The first-order valence-corrected chi connectivity index (χ1v) is 8.66. The average molecular weight is 333 g/mol. The largest absolute Gasteiger partial charge is 0.473 e. The smallest absolute Gasteiger partial charge is 0.237 e. The van der Waals surface area contributed by atoms with Gasteiger partial charge in [-0.05, 0) is 63.7 Å². The van der Waals surface area contributed by atoms with Crippen LogP contribution in [0.3, 0.4) is 0 Å². The zero-order chi connectivity index (χ0) is 16.5. The Bertz CT molecular complexity index is 718. The molecule has 1 saturated heterocycles. The molecule has 24 heavy (non-hydrogen) atoms. The van der Waals surface area contributed by atoms with Crippen molar-refractivity contribution in [3.63, 3.8) is 0 Å². The number of piperidine rings is 1. The number of halogens is 2. The standard InChI is InChI=1S/C18H21F2N3O/c19-14-5-3-6-15(20)17(14)23-16-7-2-1-4-13(16)18(22-23)24-12-8-10-21-11-9-12/h3,5-6,12,21H,1-2,4,7-11H2. The molecule has 2 aliphatic rings. The number of nitrogens with one attached hydrogen (secondary N) is 1. The second-order valence-electron chi connectivity index (χ2n) is 6.49. The zero-order valence-corrected chi connectivity index (χ0v) is 13.5. The fourth-order valence-corrected chi connectivity index (χ4v) is 3.61. The van der Waals surface area contributed by atoms with Crippen LogP contribution in [0, 0.1) is 11.6 Å². The maximum atomic E-state index is 14.2. The minimum Gasteiger partial charge on any atom is -0.473 e. The Labute approximate surface area is 139 Å². The van der Waals surface area contributed by atoms with E-state index in [1.165, 1.54) is 22.9 Å². The summed E-state index contributed by atoms with van der Waals surface area (Å²) in [4.78, 5) is 0. The molecule has 0 bridgehead atoms. The molecule has 6 heteroatoms. The monoisotopic (exact) mass is 333 g/mol. The van der Waals surface area contributed by atoms with Crippen molar-refractivity contribution in [2.24, 2.45) is 0 Å². The Morgan fingerprint density at radius 2 is 1.79 bits per heavy atom. The second kappa shape index (κ2) is 6.51. The third-order valence-corrected chi connectivity index (χ3v) is 4.86. The van der Waals surface area contributed by atoms with Crippen LogP contribution in [-0.4, -0.2) is 29.0 Å². The van der Waals surface area contributed by atoms with Gasteiger partial charge in [-0.2, -0.15) is 0 Å². The number of rotatable bonds is 3. The number of para-hydroxylation sites is 1. The van der Waals surface area contributed by atoms with E-state index in [4.69, 9.17) is 4.74 Å². The molecule has 1 N–H and O–H groups in total. The summed E-state index contributed by atoms with van der Waals surface area (Å²) in [5.74, 6) is -0.641. The highest BCUT2D eigenvalue weighted by Gasteiger charge is 2.27. The summed E-state index contributed by atoms with van der Waals surface area (Å²) in [6.07, 6.45) is 5.65. The Morgan fingerprint density at radius 1 is 1.08 bits per heavy atom. The molecule has 1 aromatic heterocycles. The summed E-state index contributed by atoms with van der Waals surface area (Å²) in [5.41, 5.74) is 1.80. The van der Waals surface area contributed by atoms with Crippen LogP contribution < -0.4 is 10.1 Å². The molecule has 0 spiro atoms. The molecule has 0 saturated carbocycles. The van der Waals surface area contributed by atoms with E-state index < -0.39 is 11.6 Å². The first-order chi connectivity index (χ1) is 11.7. The van der Waals surface area contributed by atoms with Crippen molar-refractivity contribution in [3.05, 3.63) is 41.1 Å². The lowest BCUT2D eigenvalue weighted by Gasteiger charge is -2.23. The third-order valence-electron chi connectivity index (χ3n) is 4.86. The van der Waals surface area contributed by atoms with E-state index in [2.05, 4.69) is 10.4 Å². The lowest BCUT2D eigenvalue weighted by molar-refractivity contribution is 0.153. The van der Waals surface area contributed by atoms with Gasteiger partial charge in [-0.25, -0.2) is 13.5 Å². The van der Waals surface area contributed by atoms with E-state index in [-0.39, 0.29) is 11.8 Å². The Kier molecular flexibility index (Phi) is 4.22. The quantitative estimate of drug-likeness (QED) is 0.938. The van der Waals surface area contributed by atoms with Crippen molar-refractivity contribution in [1.82, 2.24) is 15.1 Å². The number of hydrogen-bond acceptors (Lipinski definition) is 3. The summed E-state index contributed by atoms with van der Waals surface area (Å²) >= 11 is 0. The molecule has 4 rings (SSSR count). The Hall–Kier alpha value is -1.95. The van der Waals surface area contributed by atoms with Crippen LogP contribution in [-0.2, 0) is 12.8 Å². The van der Waals surface area contributed by atoms with E-state index in [1.807, 2.05) is 0 Å². The van der Waals surface area contributed by atoms with Gasteiger partial charge in [0.1, 0.15) is 11.8 Å². The average Bonchev–Trinajstić information content (AvgIpc) is 2.94. The van der Waals surface area contributed by atoms with Gasteiger partial charge in [-0.1, -0.05) is 6.07 Å². The van der Waals surface area contributed by atoms with E-state index in [0.29, 0.717) is 5.88 Å². The normalized spacial score (nSPS) is 18.4. The van der Waals surface area contributed by atoms with Gasteiger partial charge in [0.25, 0.3) is 0 Å². The molecular formula is C18H21F2N3O. The number of aromatic nitrogens is 2. The van der Waals surface area contributed by atoms with Crippen LogP contribution in [0.25, 0.3) is 5.69 Å². The predicted molar refractivity (Wildman–Crippen MR) is 86.6 cm³/mol. The van der Waals surface area contributed by atoms with Crippen LogP contribution >= 0.6 is 0 Å². The van der Waals surface area contributed by atoms with Gasteiger partial charge in [0.15, 0.2) is 11.6 Å². The van der Waals surface area contributed by atoms with Gasteiger partial charge < -0.3 is 10.1 Å². The lowest BCUT2D eigenvalue weighted by Crippen LogP contribution is -2.34. The molecule has 0 amide bonds. The van der Waals surface area contributed by atoms with Gasteiger partial charge in [0.2, 0.25) is 5.88 Å². The number of ether oxygens (including phenoxy) is 1. The van der Waals surface area contributed by atoms with Crippen LogP contribution in [0.15, 0.2) is 18.2 Å². The number of hydrogen-bond donors (Lipinski definition) is 1. The first-order valence-electron chi connectivity index (χ1n) is 8.66. The topological polar surface area (TPSA) is 39.1 Å². The molecule has 0 atom stereocenters. The summed E-state index contributed by atoms with van der Waals surface area (Å²) in [6.45, 7) is 1.85. The fourth-order valence-electron chi connectivity index (χ4n) is 3.61. The number of fused-ring (bicyclic) bond motifs is 1.